The van der Waals surface area contributed by atoms with E-state index in [1.165, 1.54) is 0 Å². The minimum absolute atomic E-state index is 0.0253. The SMILES string of the molecule is CC1Oc2ccc(CNCC(=O)N(C)Cc3ccccc3)cc2NC1=O. The predicted octanol–water partition coefficient (Wildman–Crippen LogP) is 2.15. The van der Waals surface area contributed by atoms with Crippen LogP contribution in [0.5, 0.6) is 5.75 Å². The number of rotatable bonds is 6. The number of fused-ring (bicyclic) bond motifs is 1. The highest BCUT2D eigenvalue weighted by Crippen LogP contribution is 2.30. The van der Waals surface area contributed by atoms with E-state index in [4.69, 9.17) is 4.74 Å². The van der Waals surface area contributed by atoms with Crippen LogP contribution in [-0.4, -0.2) is 36.4 Å². The Labute approximate surface area is 153 Å². The van der Waals surface area contributed by atoms with Gasteiger partial charge in [0.05, 0.1) is 12.2 Å². The second-order valence-corrected chi connectivity index (χ2v) is 6.42. The topological polar surface area (TPSA) is 70.7 Å². The van der Waals surface area contributed by atoms with Crippen molar-refractivity contribution >= 4 is 17.5 Å². The van der Waals surface area contributed by atoms with Gasteiger partial charge in [-0.2, -0.15) is 0 Å². The van der Waals surface area contributed by atoms with Gasteiger partial charge in [0.15, 0.2) is 6.10 Å². The summed E-state index contributed by atoms with van der Waals surface area (Å²) < 4.78 is 5.54. The number of ether oxygens (including phenoxy) is 1. The number of hydrogen-bond donors (Lipinski definition) is 2. The lowest BCUT2D eigenvalue weighted by Gasteiger charge is -2.23. The van der Waals surface area contributed by atoms with Crippen LogP contribution in [0.3, 0.4) is 0 Å². The summed E-state index contributed by atoms with van der Waals surface area (Å²) in [4.78, 5) is 25.6. The summed E-state index contributed by atoms with van der Waals surface area (Å²) in [6, 6.07) is 15.5. The van der Waals surface area contributed by atoms with Crippen molar-refractivity contribution in [1.82, 2.24) is 10.2 Å². The molecule has 0 saturated carbocycles. The van der Waals surface area contributed by atoms with E-state index in [1.807, 2.05) is 48.5 Å². The average Bonchev–Trinajstić information content (AvgIpc) is 2.63. The molecule has 1 atom stereocenters. The Bertz CT molecular complexity index is 792. The van der Waals surface area contributed by atoms with Crippen LogP contribution in [0, 0.1) is 0 Å². The Balaban J connectivity index is 1.49. The molecule has 0 spiro atoms. The summed E-state index contributed by atoms with van der Waals surface area (Å²) in [5.41, 5.74) is 2.74. The number of carbonyl (C=O) groups excluding carboxylic acids is 2. The zero-order valence-corrected chi connectivity index (χ0v) is 15.0. The zero-order valence-electron chi connectivity index (χ0n) is 15.0. The fraction of sp³-hybridized carbons (Fsp3) is 0.300. The Morgan fingerprint density at radius 1 is 1.19 bits per heavy atom. The minimum atomic E-state index is -0.482. The standard InChI is InChI=1S/C20H23N3O3/c1-14-20(25)22-17-10-16(8-9-18(17)26-14)11-21-12-19(24)23(2)13-15-6-4-3-5-7-15/h3-10,14,21H,11-13H2,1-2H3,(H,22,25). The first-order valence-corrected chi connectivity index (χ1v) is 8.62. The van der Waals surface area contributed by atoms with Crippen molar-refractivity contribution in [3.05, 3.63) is 59.7 Å². The van der Waals surface area contributed by atoms with E-state index in [2.05, 4.69) is 10.6 Å². The molecule has 1 heterocycles. The van der Waals surface area contributed by atoms with Gasteiger partial charge in [-0.05, 0) is 30.2 Å². The van der Waals surface area contributed by atoms with E-state index in [9.17, 15) is 9.59 Å². The molecule has 2 N–H and O–H groups in total. The van der Waals surface area contributed by atoms with Gasteiger partial charge in [-0.25, -0.2) is 0 Å². The van der Waals surface area contributed by atoms with Crippen molar-refractivity contribution in [2.24, 2.45) is 0 Å². The highest BCUT2D eigenvalue weighted by atomic mass is 16.5. The van der Waals surface area contributed by atoms with E-state index in [1.54, 1.807) is 18.9 Å². The van der Waals surface area contributed by atoms with Gasteiger partial charge in [0, 0.05) is 20.1 Å². The van der Waals surface area contributed by atoms with Crippen molar-refractivity contribution < 1.29 is 14.3 Å². The van der Waals surface area contributed by atoms with Crippen LogP contribution in [-0.2, 0) is 22.7 Å². The first-order chi connectivity index (χ1) is 12.5. The Morgan fingerprint density at radius 2 is 1.96 bits per heavy atom. The number of nitrogens with one attached hydrogen (secondary N) is 2. The molecular weight excluding hydrogens is 330 g/mol. The summed E-state index contributed by atoms with van der Waals surface area (Å²) >= 11 is 0. The molecule has 136 valence electrons. The second kappa shape index (κ2) is 8.01. The van der Waals surface area contributed by atoms with Crippen LogP contribution in [0.15, 0.2) is 48.5 Å². The highest BCUT2D eigenvalue weighted by molar-refractivity contribution is 5.97. The molecule has 0 bridgehead atoms. The molecule has 6 nitrogen and oxygen atoms in total. The van der Waals surface area contributed by atoms with Gasteiger partial charge in [-0.3, -0.25) is 9.59 Å². The van der Waals surface area contributed by atoms with Gasteiger partial charge in [0.1, 0.15) is 5.75 Å². The molecule has 1 aliphatic rings. The molecule has 0 saturated heterocycles. The number of amides is 2. The van der Waals surface area contributed by atoms with Gasteiger partial charge in [0.2, 0.25) is 5.91 Å². The fourth-order valence-corrected chi connectivity index (χ4v) is 2.76. The van der Waals surface area contributed by atoms with Crippen LogP contribution in [0.4, 0.5) is 5.69 Å². The molecule has 1 aliphatic heterocycles. The summed E-state index contributed by atoms with van der Waals surface area (Å²) in [5, 5.41) is 5.98. The maximum absolute atomic E-state index is 12.2. The quantitative estimate of drug-likeness (QED) is 0.835. The Kier molecular flexibility index (Phi) is 5.53. The van der Waals surface area contributed by atoms with Crippen LogP contribution in [0.2, 0.25) is 0 Å². The number of carbonyl (C=O) groups is 2. The smallest absolute Gasteiger partial charge is 0.265 e. The van der Waals surface area contributed by atoms with E-state index in [-0.39, 0.29) is 18.4 Å². The number of benzene rings is 2. The third kappa shape index (κ3) is 4.40. The lowest BCUT2D eigenvalue weighted by Crippen LogP contribution is -2.35. The minimum Gasteiger partial charge on any atom is -0.479 e. The predicted molar refractivity (Wildman–Crippen MR) is 99.8 cm³/mol. The Morgan fingerprint density at radius 3 is 2.73 bits per heavy atom. The average molecular weight is 353 g/mol. The fourth-order valence-electron chi connectivity index (χ4n) is 2.76. The number of hydrogen-bond acceptors (Lipinski definition) is 4. The maximum atomic E-state index is 12.2. The van der Waals surface area contributed by atoms with E-state index < -0.39 is 6.10 Å². The second-order valence-electron chi connectivity index (χ2n) is 6.42. The monoisotopic (exact) mass is 353 g/mol. The summed E-state index contributed by atoms with van der Waals surface area (Å²) in [6.07, 6.45) is -0.482. The largest absolute Gasteiger partial charge is 0.479 e. The number of likely N-dealkylation sites (N-methyl/N-ethyl adjacent to an activating group) is 1. The van der Waals surface area contributed by atoms with Gasteiger partial charge < -0.3 is 20.3 Å². The van der Waals surface area contributed by atoms with Crippen LogP contribution >= 0.6 is 0 Å². The number of nitrogens with zero attached hydrogens (tertiary/aromatic N) is 1. The van der Waals surface area contributed by atoms with E-state index in [0.29, 0.717) is 24.5 Å². The van der Waals surface area contributed by atoms with Crippen molar-refractivity contribution in [2.75, 3.05) is 18.9 Å². The highest BCUT2D eigenvalue weighted by Gasteiger charge is 2.23. The van der Waals surface area contributed by atoms with E-state index >= 15 is 0 Å². The molecule has 2 amide bonds. The summed E-state index contributed by atoms with van der Waals surface area (Å²) in [5.74, 6) is 0.539. The van der Waals surface area contributed by atoms with Gasteiger partial charge in [-0.15, -0.1) is 0 Å². The molecule has 2 aromatic rings. The maximum Gasteiger partial charge on any atom is 0.265 e. The molecule has 3 rings (SSSR count). The first kappa shape index (κ1) is 17.9. The van der Waals surface area contributed by atoms with Gasteiger partial charge in [0.25, 0.3) is 5.91 Å². The van der Waals surface area contributed by atoms with Crippen molar-refractivity contribution in [3.63, 3.8) is 0 Å². The molecule has 0 fully saturated rings. The van der Waals surface area contributed by atoms with Crippen molar-refractivity contribution in [2.45, 2.75) is 26.1 Å². The zero-order chi connectivity index (χ0) is 18.5. The molecule has 26 heavy (non-hydrogen) atoms. The molecule has 1 unspecified atom stereocenters. The van der Waals surface area contributed by atoms with Crippen LogP contribution < -0.4 is 15.4 Å². The van der Waals surface area contributed by atoms with Gasteiger partial charge in [-0.1, -0.05) is 36.4 Å². The van der Waals surface area contributed by atoms with Gasteiger partial charge >= 0.3 is 0 Å². The lowest BCUT2D eigenvalue weighted by atomic mass is 10.1. The van der Waals surface area contributed by atoms with Crippen molar-refractivity contribution in [1.29, 1.82) is 0 Å². The summed E-state index contributed by atoms with van der Waals surface area (Å²) in [6.45, 7) is 3.08. The lowest BCUT2D eigenvalue weighted by molar-refractivity contribution is -0.129. The van der Waals surface area contributed by atoms with E-state index in [0.717, 1.165) is 11.1 Å². The molecule has 0 aliphatic carbocycles. The first-order valence-electron chi connectivity index (χ1n) is 8.62. The molecular formula is C20H23N3O3. The normalized spacial score (nSPS) is 15.6. The molecule has 2 aromatic carbocycles. The summed E-state index contributed by atoms with van der Waals surface area (Å²) in [7, 11) is 1.80. The molecule has 0 radical (unpaired) electrons. The number of anilines is 1. The third-order valence-electron chi connectivity index (χ3n) is 4.27. The van der Waals surface area contributed by atoms with Crippen LogP contribution in [0.25, 0.3) is 0 Å². The Hall–Kier alpha value is -2.86. The molecule has 6 heteroatoms. The van der Waals surface area contributed by atoms with Crippen molar-refractivity contribution in [3.8, 4) is 5.75 Å². The molecule has 0 aromatic heterocycles. The third-order valence-corrected chi connectivity index (χ3v) is 4.27. The van der Waals surface area contributed by atoms with Crippen LogP contribution in [0.1, 0.15) is 18.1 Å².